The summed E-state index contributed by atoms with van der Waals surface area (Å²) in [5.74, 6) is -0.488. The molecular formula is C14H14ClFN2. The summed E-state index contributed by atoms with van der Waals surface area (Å²) in [4.78, 5) is 4.24. The lowest BCUT2D eigenvalue weighted by Crippen LogP contribution is -2.20. The van der Waals surface area contributed by atoms with Crippen LogP contribution in [0.4, 0.5) is 4.39 Å². The molecule has 18 heavy (non-hydrogen) atoms. The lowest BCUT2D eigenvalue weighted by molar-refractivity contribution is 0.533. The molecule has 2 N–H and O–H groups in total. The van der Waals surface area contributed by atoms with Crippen LogP contribution in [-0.4, -0.2) is 4.98 Å². The van der Waals surface area contributed by atoms with E-state index in [1.807, 2.05) is 25.1 Å². The highest BCUT2D eigenvalue weighted by molar-refractivity contribution is 6.31. The van der Waals surface area contributed by atoms with Crippen LogP contribution in [0.5, 0.6) is 0 Å². The Morgan fingerprint density at radius 3 is 2.61 bits per heavy atom. The molecule has 2 unspecified atom stereocenters. The lowest BCUT2D eigenvalue weighted by atomic mass is 9.92. The van der Waals surface area contributed by atoms with E-state index in [-0.39, 0.29) is 11.7 Å². The average molecular weight is 265 g/mol. The van der Waals surface area contributed by atoms with Crippen molar-refractivity contribution in [3.8, 4) is 0 Å². The standard InChI is InChI=1S/C14H14ClFN2/c1-9(12-7-2-3-8-18-12)14(17)13-10(15)5-4-6-11(13)16/h2-9,14H,17H2,1H3. The minimum absolute atomic E-state index is 0.111. The van der Waals surface area contributed by atoms with E-state index in [0.717, 1.165) is 5.69 Å². The third-order valence-corrected chi connectivity index (χ3v) is 3.36. The molecule has 2 aromatic rings. The van der Waals surface area contributed by atoms with Gasteiger partial charge in [0.25, 0.3) is 0 Å². The summed E-state index contributed by atoms with van der Waals surface area (Å²) in [5.41, 5.74) is 7.28. The van der Waals surface area contributed by atoms with Crippen molar-refractivity contribution in [1.29, 1.82) is 0 Å². The Morgan fingerprint density at radius 2 is 2.00 bits per heavy atom. The van der Waals surface area contributed by atoms with Gasteiger partial charge in [-0.25, -0.2) is 4.39 Å². The second-order valence-electron chi connectivity index (χ2n) is 4.20. The molecule has 0 aliphatic carbocycles. The molecule has 1 aromatic carbocycles. The van der Waals surface area contributed by atoms with Gasteiger partial charge in [-0.3, -0.25) is 4.98 Å². The maximum absolute atomic E-state index is 13.8. The second-order valence-corrected chi connectivity index (χ2v) is 4.61. The van der Waals surface area contributed by atoms with Gasteiger partial charge in [0, 0.05) is 34.4 Å². The fourth-order valence-electron chi connectivity index (χ4n) is 1.91. The number of nitrogens with two attached hydrogens (primary N) is 1. The molecule has 1 heterocycles. The molecule has 0 spiro atoms. The van der Waals surface area contributed by atoms with Crippen LogP contribution in [0.1, 0.15) is 30.1 Å². The van der Waals surface area contributed by atoms with Crippen molar-refractivity contribution in [2.75, 3.05) is 0 Å². The predicted octanol–water partition coefficient (Wildman–Crippen LogP) is 3.68. The van der Waals surface area contributed by atoms with Crippen LogP contribution in [0.3, 0.4) is 0 Å². The highest BCUT2D eigenvalue weighted by atomic mass is 35.5. The first-order valence-corrected chi connectivity index (χ1v) is 6.09. The third kappa shape index (κ3) is 2.52. The molecular weight excluding hydrogens is 251 g/mol. The van der Waals surface area contributed by atoms with Gasteiger partial charge in [0.15, 0.2) is 0 Å². The van der Waals surface area contributed by atoms with Gasteiger partial charge in [0.1, 0.15) is 5.82 Å². The van der Waals surface area contributed by atoms with E-state index in [2.05, 4.69) is 4.98 Å². The Labute approximate surface area is 111 Å². The molecule has 1 aromatic heterocycles. The molecule has 0 saturated carbocycles. The van der Waals surface area contributed by atoms with E-state index in [0.29, 0.717) is 10.6 Å². The van der Waals surface area contributed by atoms with Gasteiger partial charge in [-0.05, 0) is 24.3 Å². The van der Waals surface area contributed by atoms with Crippen LogP contribution in [0.2, 0.25) is 5.02 Å². The molecule has 4 heteroatoms. The van der Waals surface area contributed by atoms with Crippen LogP contribution >= 0.6 is 11.6 Å². The van der Waals surface area contributed by atoms with E-state index < -0.39 is 6.04 Å². The molecule has 2 rings (SSSR count). The van der Waals surface area contributed by atoms with Crippen molar-refractivity contribution in [1.82, 2.24) is 4.98 Å². The number of aromatic nitrogens is 1. The van der Waals surface area contributed by atoms with Crippen LogP contribution in [-0.2, 0) is 0 Å². The third-order valence-electron chi connectivity index (χ3n) is 3.03. The molecule has 0 bridgehead atoms. The van der Waals surface area contributed by atoms with Gasteiger partial charge in [-0.15, -0.1) is 0 Å². The summed E-state index contributed by atoms with van der Waals surface area (Å²) in [6, 6.07) is 9.65. The first-order chi connectivity index (χ1) is 8.61. The fourth-order valence-corrected chi connectivity index (χ4v) is 2.20. The summed E-state index contributed by atoms with van der Waals surface area (Å²) in [6.45, 7) is 1.91. The van der Waals surface area contributed by atoms with Gasteiger partial charge in [0.05, 0.1) is 0 Å². The zero-order chi connectivity index (χ0) is 13.1. The van der Waals surface area contributed by atoms with Crippen LogP contribution in [0.25, 0.3) is 0 Å². The highest BCUT2D eigenvalue weighted by Crippen LogP contribution is 2.33. The van der Waals surface area contributed by atoms with Gasteiger partial charge in [-0.1, -0.05) is 30.7 Å². The van der Waals surface area contributed by atoms with Crippen molar-refractivity contribution in [3.63, 3.8) is 0 Å². The van der Waals surface area contributed by atoms with Crippen molar-refractivity contribution >= 4 is 11.6 Å². The van der Waals surface area contributed by atoms with Crippen molar-refractivity contribution in [2.24, 2.45) is 5.73 Å². The molecule has 0 aliphatic rings. The zero-order valence-electron chi connectivity index (χ0n) is 9.98. The molecule has 94 valence electrons. The lowest BCUT2D eigenvalue weighted by Gasteiger charge is -2.21. The number of nitrogens with zero attached hydrogens (tertiary/aromatic N) is 1. The normalized spacial score (nSPS) is 14.2. The SMILES string of the molecule is CC(c1ccccn1)C(N)c1c(F)cccc1Cl. The minimum atomic E-state index is -0.520. The van der Waals surface area contributed by atoms with Crippen LogP contribution in [0.15, 0.2) is 42.6 Å². The number of hydrogen-bond acceptors (Lipinski definition) is 2. The summed E-state index contributed by atoms with van der Waals surface area (Å²) < 4.78 is 13.8. The van der Waals surface area contributed by atoms with E-state index in [1.165, 1.54) is 6.07 Å². The van der Waals surface area contributed by atoms with Crippen molar-refractivity contribution < 1.29 is 4.39 Å². The Kier molecular flexibility index (Phi) is 3.94. The summed E-state index contributed by atoms with van der Waals surface area (Å²) in [6.07, 6.45) is 1.70. The predicted molar refractivity (Wildman–Crippen MR) is 71.0 cm³/mol. The Morgan fingerprint density at radius 1 is 1.22 bits per heavy atom. The van der Waals surface area contributed by atoms with E-state index in [9.17, 15) is 4.39 Å². The highest BCUT2D eigenvalue weighted by Gasteiger charge is 2.22. The largest absolute Gasteiger partial charge is 0.323 e. The number of hydrogen-bond donors (Lipinski definition) is 1. The number of pyridine rings is 1. The maximum Gasteiger partial charge on any atom is 0.129 e. The Hall–Kier alpha value is -1.45. The summed E-state index contributed by atoms with van der Waals surface area (Å²) in [5, 5.41) is 0.352. The van der Waals surface area contributed by atoms with Crippen LogP contribution in [0, 0.1) is 5.82 Å². The molecule has 0 fully saturated rings. The maximum atomic E-state index is 13.8. The van der Waals surface area contributed by atoms with Gasteiger partial charge in [0.2, 0.25) is 0 Å². The number of rotatable bonds is 3. The Balaban J connectivity index is 2.34. The molecule has 0 aliphatic heterocycles. The van der Waals surface area contributed by atoms with Crippen molar-refractivity contribution in [2.45, 2.75) is 18.9 Å². The van der Waals surface area contributed by atoms with Gasteiger partial charge >= 0.3 is 0 Å². The fraction of sp³-hybridized carbons (Fsp3) is 0.214. The van der Waals surface area contributed by atoms with Gasteiger partial charge in [-0.2, -0.15) is 0 Å². The number of benzene rings is 1. The molecule has 0 radical (unpaired) electrons. The first kappa shape index (κ1) is 13.0. The van der Waals surface area contributed by atoms with E-state index in [1.54, 1.807) is 18.3 Å². The van der Waals surface area contributed by atoms with E-state index in [4.69, 9.17) is 17.3 Å². The molecule has 2 atom stereocenters. The second kappa shape index (κ2) is 5.46. The quantitative estimate of drug-likeness (QED) is 0.919. The van der Waals surface area contributed by atoms with Gasteiger partial charge < -0.3 is 5.73 Å². The molecule has 0 amide bonds. The molecule has 2 nitrogen and oxygen atoms in total. The van der Waals surface area contributed by atoms with Crippen LogP contribution < -0.4 is 5.73 Å². The number of halogens is 2. The van der Waals surface area contributed by atoms with Crippen molar-refractivity contribution in [3.05, 3.63) is 64.7 Å². The van der Waals surface area contributed by atoms with E-state index >= 15 is 0 Å². The topological polar surface area (TPSA) is 38.9 Å². The minimum Gasteiger partial charge on any atom is -0.323 e. The monoisotopic (exact) mass is 264 g/mol. The molecule has 0 saturated heterocycles. The Bertz CT molecular complexity index is 510. The first-order valence-electron chi connectivity index (χ1n) is 5.71. The zero-order valence-corrected chi connectivity index (χ0v) is 10.7. The average Bonchev–Trinajstić information content (AvgIpc) is 2.38. The summed E-state index contributed by atoms with van der Waals surface area (Å²) in [7, 11) is 0. The smallest absolute Gasteiger partial charge is 0.129 e. The summed E-state index contributed by atoms with van der Waals surface area (Å²) >= 11 is 6.02.